The summed E-state index contributed by atoms with van der Waals surface area (Å²) in [4.78, 5) is 24.4. The third-order valence-corrected chi connectivity index (χ3v) is 4.50. The number of ether oxygens (including phenoxy) is 1. The molecule has 0 radical (unpaired) electrons. The molecule has 4 nitrogen and oxygen atoms in total. The van der Waals surface area contributed by atoms with Gasteiger partial charge in [0.1, 0.15) is 12.0 Å². The van der Waals surface area contributed by atoms with Crippen molar-refractivity contribution in [3.05, 3.63) is 56.4 Å². The summed E-state index contributed by atoms with van der Waals surface area (Å²) in [6.07, 6.45) is 2.47. The Bertz CT molecular complexity index is 749. The quantitative estimate of drug-likeness (QED) is 0.663. The van der Waals surface area contributed by atoms with Crippen LogP contribution in [-0.2, 0) is 10.2 Å². The van der Waals surface area contributed by atoms with Gasteiger partial charge in [0, 0.05) is 22.0 Å². The third-order valence-electron chi connectivity index (χ3n) is 3.97. The van der Waals surface area contributed by atoms with Gasteiger partial charge in [-0.25, -0.2) is 0 Å². The molecule has 0 atom stereocenters. The van der Waals surface area contributed by atoms with Crippen LogP contribution in [0.1, 0.15) is 51.8 Å². The Morgan fingerprint density at radius 3 is 2.24 bits per heavy atom. The lowest BCUT2D eigenvalue weighted by atomic mass is 9.84. The Balaban J connectivity index is 0.000000705. The SMILES string of the molecule is CCC(C)(C)c1[nH]c(=O)c(Oc2ccc(Br)cc2)cc1C.CCC=O. The van der Waals surface area contributed by atoms with Crippen molar-refractivity contribution >= 4 is 22.2 Å². The maximum Gasteiger partial charge on any atom is 0.291 e. The number of carbonyl (C=O) groups is 1. The van der Waals surface area contributed by atoms with E-state index in [1.807, 2.05) is 44.2 Å². The van der Waals surface area contributed by atoms with Crippen LogP contribution >= 0.6 is 15.9 Å². The molecule has 136 valence electrons. The first-order valence-corrected chi connectivity index (χ1v) is 9.15. The average molecular weight is 408 g/mol. The number of nitrogens with one attached hydrogen (secondary N) is 1. The van der Waals surface area contributed by atoms with E-state index in [0.29, 0.717) is 17.9 Å². The van der Waals surface area contributed by atoms with Crippen LogP contribution in [0, 0.1) is 6.92 Å². The summed E-state index contributed by atoms with van der Waals surface area (Å²) in [5.41, 5.74) is 1.76. The van der Waals surface area contributed by atoms with Crippen molar-refractivity contribution in [1.82, 2.24) is 4.98 Å². The molecule has 0 spiro atoms. The second kappa shape index (κ2) is 9.56. The van der Waals surface area contributed by atoms with Gasteiger partial charge in [0.25, 0.3) is 5.56 Å². The molecule has 0 aliphatic heterocycles. The van der Waals surface area contributed by atoms with Crippen molar-refractivity contribution in [2.45, 2.75) is 52.9 Å². The summed E-state index contributed by atoms with van der Waals surface area (Å²) in [6.45, 7) is 10.2. The molecule has 0 fully saturated rings. The number of rotatable bonds is 5. The molecule has 0 bridgehead atoms. The number of carbonyl (C=O) groups excluding carboxylic acids is 1. The van der Waals surface area contributed by atoms with E-state index in [2.05, 4.69) is 41.7 Å². The first kappa shape index (κ1) is 21.2. The lowest BCUT2D eigenvalue weighted by Crippen LogP contribution is -2.24. The molecule has 0 aliphatic carbocycles. The molecule has 1 aromatic heterocycles. The minimum atomic E-state index is -0.194. The number of aryl methyl sites for hydroxylation is 1. The second-order valence-electron chi connectivity index (χ2n) is 6.39. The van der Waals surface area contributed by atoms with Gasteiger partial charge in [0.15, 0.2) is 5.75 Å². The largest absolute Gasteiger partial charge is 0.452 e. The number of halogens is 1. The molecule has 1 N–H and O–H groups in total. The van der Waals surface area contributed by atoms with Crippen LogP contribution in [0.3, 0.4) is 0 Å². The molecular weight excluding hydrogens is 382 g/mol. The van der Waals surface area contributed by atoms with Crippen molar-refractivity contribution in [2.24, 2.45) is 0 Å². The molecule has 0 saturated carbocycles. The van der Waals surface area contributed by atoms with Crippen LogP contribution in [0.15, 0.2) is 39.6 Å². The van der Waals surface area contributed by atoms with E-state index in [1.165, 1.54) is 0 Å². The van der Waals surface area contributed by atoms with Crippen molar-refractivity contribution in [2.75, 3.05) is 0 Å². The first-order chi connectivity index (χ1) is 11.7. The van der Waals surface area contributed by atoms with Gasteiger partial charge in [-0.1, -0.05) is 43.6 Å². The van der Waals surface area contributed by atoms with Crippen LogP contribution in [0.4, 0.5) is 0 Å². The van der Waals surface area contributed by atoms with Gasteiger partial charge in [-0.2, -0.15) is 0 Å². The lowest BCUT2D eigenvalue weighted by molar-refractivity contribution is -0.107. The van der Waals surface area contributed by atoms with Gasteiger partial charge in [-0.15, -0.1) is 0 Å². The van der Waals surface area contributed by atoms with Gasteiger partial charge in [-0.3, -0.25) is 4.79 Å². The number of aromatic nitrogens is 1. The zero-order chi connectivity index (χ0) is 19.0. The minimum absolute atomic E-state index is 0.0562. The smallest absolute Gasteiger partial charge is 0.291 e. The van der Waals surface area contributed by atoms with Crippen molar-refractivity contribution in [1.29, 1.82) is 0 Å². The summed E-state index contributed by atoms with van der Waals surface area (Å²) < 4.78 is 6.65. The summed E-state index contributed by atoms with van der Waals surface area (Å²) in [6, 6.07) is 9.22. The Labute approximate surface area is 157 Å². The van der Waals surface area contributed by atoms with Gasteiger partial charge < -0.3 is 14.5 Å². The Morgan fingerprint density at radius 2 is 1.76 bits per heavy atom. The molecule has 0 unspecified atom stereocenters. The fraction of sp³-hybridized carbons (Fsp3) is 0.400. The van der Waals surface area contributed by atoms with Crippen LogP contribution in [0.25, 0.3) is 0 Å². The monoisotopic (exact) mass is 407 g/mol. The normalized spacial score (nSPS) is 10.6. The van der Waals surface area contributed by atoms with Gasteiger partial charge in [0.2, 0.25) is 0 Å². The number of hydrogen-bond acceptors (Lipinski definition) is 3. The van der Waals surface area contributed by atoms with E-state index >= 15 is 0 Å². The fourth-order valence-electron chi connectivity index (χ4n) is 2.19. The lowest BCUT2D eigenvalue weighted by Gasteiger charge is -2.25. The molecule has 0 amide bonds. The predicted molar refractivity (Wildman–Crippen MR) is 106 cm³/mol. The number of aromatic amines is 1. The molecule has 0 saturated heterocycles. The number of pyridine rings is 1. The highest BCUT2D eigenvalue weighted by Crippen LogP contribution is 2.29. The highest BCUT2D eigenvalue weighted by atomic mass is 79.9. The molecule has 1 heterocycles. The third kappa shape index (κ3) is 6.16. The van der Waals surface area contributed by atoms with E-state index < -0.39 is 0 Å². The first-order valence-electron chi connectivity index (χ1n) is 8.36. The summed E-state index contributed by atoms with van der Waals surface area (Å²) in [5.74, 6) is 0.969. The minimum Gasteiger partial charge on any atom is -0.452 e. The molecule has 1 aromatic carbocycles. The van der Waals surface area contributed by atoms with Crippen LogP contribution in [0.5, 0.6) is 11.5 Å². The standard InChI is InChI=1S/C17H20BrNO2.C3H6O/c1-5-17(3,4)15-11(2)10-14(16(20)19-15)21-13-8-6-12(18)7-9-13;1-2-3-4/h6-10H,5H2,1-4H3,(H,19,20);3H,2H2,1H3. The Hall–Kier alpha value is -1.88. The zero-order valence-corrected chi connectivity index (χ0v) is 17.1. The molecule has 25 heavy (non-hydrogen) atoms. The highest BCUT2D eigenvalue weighted by molar-refractivity contribution is 9.10. The molecule has 0 aliphatic rings. The van der Waals surface area contributed by atoms with E-state index in [9.17, 15) is 9.59 Å². The van der Waals surface area contributed by atoms with Gasteiger partial charge in [-0.05, 0) is 49.2 Å². The second-order valence-corrected chi connectivity index (χ2v) is 7.30. The van der Waals surface area contributed by atoms with Gasteiger partial charge in [0.05, 0.1) is 0 Å². The summed E-state index contributed by atoms with van der Waals surface area (Å²) in [5, 5.41) is 0. The van der Waals surface area contributed by atoms with Crippen LogP contribution in [0.2, 0.25) is 0 Å². The number of hydrogen-bond donors (Lipinski definition) is 1. The molecule has 2 aromatic rings. The van der Waals surface area contributed by atoms with E-state index in [0.717, 1.165) is 28.4 Å². The highest BCUT2D eigenvalue weighted by Gasteiger charge is 2.22. The van der Waals surface area contributed by atoms with E-state index in [1.54, 1.807) is 0 Å². The van der Waals surface area contributed by atoms with Crippen molar-refractivity contribution < 1.29 is 9.53 Å². The van der Waals surface area contributed by atoms with Crippen LogP contribution < -0.4 is 10.3 Å². The molecule has 2 rings (SSSR count). The number of benzene rings is 1. The van der Waals surface area contributed by atoms with E-state index in [-0.39, 0.29) is 11.0 Å². The predicted octanol–water partition coefficient (Wildman–Crippen LogP) is 5.52. The zero-order valence-electron chi connectivity index (χ0n) is 15.5. The fourth-order valence-corrected chi connectivity index (χ4v) is 2.46. The van der Waals surface area contributed by atoms with Gasteiger partial charge >= 0.3 is 0 Å². The topological polar surface area (TPSA) is 59.2 Å². The number of aldehydes is 1. The Kier molecular flexibility index (Phi) is 8.10. The molecular formula is C20H26BrNO3. The molecule has 5 heteroatoms. The van der Waals surface area contributed by atoms with Crippen molar-refractivity contribution in [3.8, 4) is 11.5 Å². The van der Waals surface area contributed by atoms with Crippen molar-refractivity contribution in [3.63, 3.8) is 0 Å². The maximum atomic E-state index is 12.2. The van der Waals surface area contributed by atoms with Crippen LogP contribution in [-0.4, -0.2) is 11.3 Å². The Morgan fingerprint density at radius 1 is 1.20 bits per heavy atom. The van der Waals surface area contributed by atoms with E-state index in [4.69, 9.17) is 4.74 Å². The summed E-state index contributed by atoms with van der Waals surface area (Å²) in [7, 11) is 0. The average Bonchev–Trinajstić information content (AvgIpc) is 2.59. The number of H-pyrrole nitrogens is 1. The maximum absolute atomic E-state index is 12.2. The summed E-state index contributed by atoms with van der Waals surface area (Å²) >= 11 is 3.37.